The van der Waals surface area contributed by atoms with Crippen molar-refractivity contribution in [1.82, 2.24) is 0 Å². The van der Waals surface area contributed by atoms with Crippen molar-refractivity contribution in [1.29, 1.82) is 0 Å². The molecular weight excluding hydrogens is 225 g/mol. The molecule has 17 heavy (non-hydrogen) atoms. The lowest BCUT2D eigenvalue weighted by Crippen LogP contribution is -2.20. The van der Waals surface area contributed by atoms with E-state index in [4.69, 9.17) is 4.74 Å². The molecule has 5 heteroatoms. The first-order chi connectivity index (χ1) is 8.18. The fraction of sp³-hybridized carbons (Fsp3) is 0.500. The van der Waals surface area contributed by atoms with Gasteiger partial charge in [-0.15, -0.1) is 0 Å². The van der Waals surface area contributed by atoms with Gasteiger partial charge < -0.3 is 4.74 Å². The zero-order chi connectivity index (χ0) is 12.3. The van der Waals surface area contributed by atoms with Gasteiger partial charge in [-0.25, -0.2) is 4.39 Å². The number of benzene rings is 1. The molecule has 1 fully saturated rings. The van der Waals surface area contributed by atoms with Crippen molar-refractivity contribution in [2.75, 3.05) is 0 Å². The second-order valence-electron chi connectivity index (χ2n) is 4.22. The van der Waals surface area contributed by atoms with Crippen LogP contribution in [-0.2, 0) is 0 Å². The summed E-state index contributed by atoms with van der Waals surface area (Å²) in [6.45, 7) is 0. The Balaban J connectivity index is 2.21. The van der Waals surface area contributed by atoms with Crippen LogP contribution in [0.5, 0.6) is 5.75 Å². The SMILES string of the molecule is O=[N+]([O-])c1cccc(F)c1OC1CCCCC1. The van der Waals surface area contributed by atoms with Gasteiger partial charge in [0, 0.05) is 6.07 Å². The van der Waals surface area contributed by atoms with E-state index in [2.05, 4.69) is 0 Å². The summed E-state index contributed by atoms with van der Waals surface area (Å²) in [6.07, 6.45) is 4.80. The maximum atomic E-state index is 13.5. The van der Waals surface area contributed by atoms with E-state index in [1.165, 1.54) is 18.2 Å². The third-order valence-electron chi connectivity index (χ3n) is 2.98. The van der Waals surface area contributed by atoms with Crippen LogP contribution in [0.3, 0.4) is 0 Å². The first kappa shape index (κ1) is 11.8. The van der Waals surface area contributed by atoms with Crippen LogP contribution in [0.2, 0.25) is 0 Å². The average molecular weight is 239 g/mol. The Morgan fingerprint density at radius 3 is 2.65 bits per heavy atom. The van der Waals surface area contributed by atoms with Gasteiger partial charge in [0.05, 0.1) is 11.0 Å². The van der Waals surface area contributed by atoms with E-state index in [1.54, 1.807) is 0 Å². The van der Waals surface area contributed by atoms with Crippen LogP contribution in [0.4, 0.5) is 10.1 Å². The third-order valence-corrected chi connectivity index (χ3v) is 2.98. The van der Waals surface area contributed by atoms with Gasteiger partial charge in [0.25, 0.3) is 0 Å². The second-order valence-corrected chi connectivity index (χ2v) is 4.22. The standard InChI is InChI=1S/C12H14FNO3/c13-10-7-4-8-11(14(15)16)12(10)17-9-5-2-1-3-6-9/h4,7-9H,1-3,5-6H2. The molecule has 1 aliphatic rings. The number of halogens is 1. The molecule has 0 spiro atoms. The summed E-state index contributed by atoms with van der Waals surface area (Å²) in [7, 11) is 0. The molecule has 0 N–H and O–H groups in total. The normalized spacial score (nSPS) is 16.8. The predicted molar refractivity (Wildman–Crippen MR) is 60.6 cm³/mol. The van der Waals surface area contributed by atoms with Gasteiger partial charge in [-0.1, -0.05) is 12.5 Å². The van der Waals surface area contributed by atoms with Crippen LogP contribution in [0.1, 0.15) is 32.1 Å². The molecule has 0 unspecified atom stereocenters. The summed E-state index contributed by atoms with van der Waals surface area (Å²) in [4.78, 5) is 10.2. The Bertz CT molecular complexity index is 416. The van der Waals surface area contributed by atoms with E-state index >= 15 is 0 Å². The average Bonchev–Trinajstić information content (AvgIpc) is 2.33. The number of para-hydroxylation sites is 1. The summed E-state index contributed by atoms with van der Waals surface area (Å²) in [5, 5.41) is 10.8. The van der Waals surface area contributed by atoms with Crippen LogP contribution in [0.25, 0.3) is 0 Å². The molecular formula is C12H14FNO3. The lowest BCUT2D eigenvalue weighted by Gasteiger charge is -2.22. The summed E-state index contributed by atoms with van der Waals surface area (Å²) >= 11 is 0. The van der Waals surface area contributed by atoms with Gasteiger partial charge in [-0.3, -0.25) is 10.1 Å². The fourth-order valence-corrected chi connectivity index (χ4v) is 2.11. The zero-order valence-electron chi connectivity index (χ0n) is 9.39. The van der Waals surface area contributed by atoms with Gasteiger partial charge in [-0.05, 0) is 31.7 Å². The summed E-state index contributed by atoms with van der Waals surface area (Å²) in [5.74, 6) is -0.880. The molecule has 1 aliphatic carbocycles. The molecule has 4 nitrogen and oxygen atoms in total. The van der Waals surface area contributed by atoms with Crippen LogP contribution in [-0.4, -0.2) is 11.0 Å². The maximum absolute atomic E-state index is 13.5. The molecule has 0 heterocycles. The summed E-state index contributed by atoms with van der Waals surface area (Å²) < 4.78 is 19.0. The quantitative estimate of drug-likeness (QED) is 0.599. The van der Waals surface area contributed by atoms with Gasteiger partial charge >= 0.3 is 5.69 Å². The van der Waals surface area contributed by atoms with Gasteiger partial charge in [-0.2, -0.15) is 0 Å². The highest BCUT2D eigenvalue weighted by Gasteiger charge is 2.23. The van der Waals surface area contributed by atoms with E-state index in [1.807, 2.05) is 0 Å². The monoisotopic (exact) mass is 239 g/mol. The van der Waals surface area contributed by atoms with Crippen LogP contribution in [0.15, 0.2) is 18.2 Å². The van der Waals surface area contributed by atoms with Crippen molar-refractivity contribution < 1.29 is 14.1 Å². The third kappa shape index (κ3) is 2.72. The van der Waals surface area contributed by atoms with Crippen molar-refractivity contribution in [3.05, 3.63) is 34.1 Å². The number of ether oxygens (including phenoxy) is 1. The molecule has 0 amide bonds. The van der Waals surface area contributed by atoms with Crippen molar-refractivity contribution in [3.8, 4) is 5.75 Å². The van der Waals surface area contributed by atoms with Gasteiger partial charge in [0.1, 0.15) is 0 Å². The summed E-state index contributed by atoms with van der Waals surface area (Å²) in [6, 6.07) is 3.77. The molecule has 1 saturated carbocycles. The van der Waals surface area contributed by atoms with Crippen LogP contribution in [0, 0.1) is 15.9 Å². The Morgan fingerprint density at radius 2 is 2.00 bits per heavy atom. The van der Waals surface area contributed by atoms with Crippen molar-refractivity contribution in [2.24, 2.45) is 0 Å². The predicted octanol–water partition coefficient (Wildman–Crippen LogP) is 3.45. The molecule has 0 aliphatic heterocycles. The lowest BCUT2D eigenvalue weighted by molar-refractivity contribution is -0.386. The van der Waals surface area contributed by atoms with Crippen molar-refractivity contribution >= 4 is 5.69 Å². The lowest BCUT2D eigenvalue weighted by atomic mass is 9.98. The van der Waals surface area contributed by atoms with E-state index in [9.17, 15) is 14.5 Å². The molecule has 92 valence electrons. The first-order valence-corrected chi connectivity index (χ1v) is 5.78. The minimum atomic E-state index is -0.662. The highest BCUT2D eigenvalue weighted by atomic mass is 19.1. The first-order valence-electron chi connectivity index (χ1n) is 5.78. The van der Waals surface area contributed by atoms with E-state index in [0.29, 0.717) is 0 Å². The molecule has 1 aromatic rings. The minimum Gasteiger partial charge on any atom is -0.481 e. The van der Waals surface area contributed by atoms with Crippen LogP contribution >= 0.6 is 0 Å². The highest BCUT2D eigenvalue weighted by molar-refractivity contribution is 5.47. The molecule has 1 aromatic carbocycles. The van der Waals surface area contributed by atoms with E-state index < -0.39 is 10.7 Å². The Labute approximate surface area is 98.5 Å². The Morgan fingerprint density at radius 1 is 1.29 bits per heavy atom. The molecule has 0 bridgehead atoms. The molecule has 0 aromatic heterocycles. The smallest absolute Gasteiger partial charge is 0.314 e. The molecule has 2 rings (SSSR count). The number of rotatable bonds is 3. The number of nitro benzene ring substituents is 1. The van der Waals surface area contributed by atoms with Gasteiger partial charge in [0.2, 0.25) is 5.75 Å². The molecule has 0 saturated heterocycles. The van der Waals surface area contributed by atoms with E-state index in [-0.39, 0.29) is 17.5 Å². The fourth-order valence-electron chi connectivity index (χ4n) is 2.11. The number of nitrogens with zero attached hydrogens (tertiary/aromatic N) is 1. The van der Waals surface area contributed by atoms with Crippen molar-refractivity contribution in [3.63, 3.8) is 0 Å². The highest BCUT2D eigenvalue weighted by Crippen LogP contribution is 2.33. The van der Waals surface area contributed by atoms with E-state index in [0.717, 1.165) is 32.1 Å². The van der Waals surface area contributed by atoms with Crippen molar-refractivity contribution in [2.45, 2.75) is 38.2 Å². The topological polar surface area (TPSA) is 52.4 Å². The minimum absolute atomic E-state index is 0.0978. The second kappa shape index (κ2) is 5.12. The van der Waals surface area contributed by atoms with Crippen LogP contribution < -0.4 is 4.74 Å². The summed E-state index contributed by atoms with van der Waals surface area (Å²) in [5.41, 5.74) is -0.296. The Kier molecular flexibility index (Phi) is 3.56. The number of hydrogen-bond acceptors (Lipinski definition) is 3. The number of nitro groups is 1. The zero-order valence-corrected chi connectivity index (χ0v) is 9.39. The molecule has 0 radical (unpaired) electrons. The van der Waals surface area contributed by atoms with Gasteiger partial charge in [0.15, 0.2) is 5.82 Å². The largest absolute Gasteiger partial charge is 0.481 e. The number of hydrogen-bond donors (Lipinski definition) is 0. The maximum Gasteiger partial charge on any atom is 0.314 e. The molecule has 0 atom stereocenters. The Hall–Kier alpha value is -1.65.